The van der Waals surface area contributed by atoms with Gasteiger partial charge < -0.3 is 5.32 Å². The number of nitriles is 1. The van der Waals surface area contributed by atoms with E-state index in [1.54, 1.807) is 24.3 Å². The van der Waals surface area contributed by atoms with Crippen molar-refractivity contribution >= 4 is 11.6 Å². The van der Waals surface area contributed by atoms with E-state index in [9.17, 15) is 9.59 Å². The molecule has 0 saturated heterocycles. The number of benzene rings is 1. The van der Waals surface area contributed by atoms with Crippen molar-refractivity contribution in [1.29, 1.82) is 5.26 Å². The molecule has 0 atom stereocenters. The first-order valence-corrected chi connectivity index (χ1v) is 6.98. The molecule has 0 spiro atoms. The highest BCUT2D eigenvalue weighted by molar-refractivity contribution is 5.91. The van der Waals surface area contributed by atoms with Crippen LogP contribution in [0.4, 0.5) is 5.69 Å². The summed E-state index contributed by atoms with van der Waals surface area (Å²) in [6.45, 7) is 1.87. The van der Waals surface area contributed by atoms with Crippen LogP contribution in [-0.4, -0.2) is 15.5 Å². The summed E-state index contributed by atoms with van der Waals surface area (Å²) in [5.41, 5.74) is 1.26. The van der Waals surface area contributed by atoms with Gasteiger partial charge in [0.05, 0.1) is 17.6 Å². The highest BCUT2D eigenvalue weighted by Crippen LogP contribution is 2.13. The number of rotatable bonds is 5. The Morgan fingerprint density at radius 3 is 2.86 bits per heavy atom. The molecule has 0 aliphatic heterocycles. The van der Waals surface area contributed by atoms with Gasteiger partial charge in [0.25, 0.3) is 5.56 Å². The van der Waals surface area contributed by atoms with E-state index in [1.807, 2.05) is 13.0 Å². The topological polar surface area (TPSA) is 87.8 Å². The zero-order chi connectivity index (χ0) is 15.9. The molecule has 0 radical (unpaired) electrons. The summed E-state index contributed by atoms with van der Waals surface area (Å²) in [5, 5.41) is 11.6. The molecule has 0 fully saturated rings. The Morgan fingerprint density at radius 1 is 1.41 bits per heavy atom. The summed E-state index contributed by atoms with van der Waals surface area (Å²) in [6.07, 6.45) is 3.02. The SMILES string of the molecule is CCCc1cc(=O)n(CC(=O)Nc2ccccc2C#N)cn1. The number of aryl methyl sites for hydroxylation is 1. The van der Waals surface area contributed by atoms with Crippen LogP contribution < -0.4 is 10.9 Å². The quantitative estimate of drug-likeness (QED) is 0.909. The van der Waals surface area contributed by atoms with Gasteiger partial charge >= 0.3 is 0 Å². The molecule has 0 aliphatic carbocycles. The van der Waals surface area contributed by atoms with Crippen LogP contribution in [-0.2, 0) is 17.8 Å². The molecule has 1 aromatic heterocycles. The predicted molar refractivity (Wildman–Crippen MR) is 82.3 cm³/mol. The van der Waals surface area contributed by atoms with Crippen LogP contribution in [0, 0.1) is 11.3 Å². The molecular weight excluding hydrogens is 280 g/mol. The van der Waals surface area contributed by atoms with E-state index in [2.05, 4.69) is 10.3 Å². The third-order valence-electron chi connectivity index (χ3n) is 3.08. The van der Waals surface area contributed by atoms with E-state index in [1.165, 1.54) is 17.0 Å². The molecule has 6 nitrogen and oxygen atoms in total. The molecule has 2 rings (SSSR count). The van der Waals surface area contributed by atoms with Gasteiger partial charge in [-0.1, -0.05) is 25.5 Å². The molecule has 0 saturated carbocycles. The van der Waals surface area contributed by atoms with Gasteiger partial charge in [-0.2, -0.15) is 5.26 Å². The molecule has 2 aromatic rings. The lowest BCUT2D eigenvalue weighted by molar-refractivity contribution is -0.116. The number of anilines is 1. The number of nitrogens with zero attached hydrogens (tertiary/aromatic N) is 3. The first-order chi connectivity index (χ1) is 10.6. The van der Waals surface area contributed by atoms with E-state index in [0.29, 0.717) is 11.3 Å². The lowest BCUT2D eigenvalue weighted by Crippen LogP contribution is -2.28. The largest absolute Gasteiger partial charge is 0.323 e. The molecule has 0 bridgehead atoms. The molecule has 6 heteroatoms. The average Bonchev–Trinajstić information content (AvgIpc) is 2.51. The fourth-order valence-corrected chi connectivity index (χ4v) is 2.01. The van der Waals surface area contributed by atoms with Crippen molar-refractivity contribution in [3.8, 4) is 6.07 Å². The maximum Gasteiger partial charge on any atom is 0.253 e. The number of amides is 1. The molecule has 0 aliphatic rings. The van der Waals surface area contributed by atoms with Crippen molar-refractivity contribution < 1.29 is 4.79 Å². The average molecular weight is 296 g/mol. The second kappa shape index (κ2) is 7.18. The van der Waals surface area contributed by atoms with Crippen molar-refractivity contribution in [3.05, 3.63) is 58.3 Å². The fraction of sp³-hybridized carbons (Fsp3) is 0.250. The zero-order valence-corrected chi connectivity index (χ0v) is 12.2. The lowest BCUT2D eigenvalue weighted by Gasteiger charge is -2.08. The molecule has 112 valence electrons. The van der Waals surface area contributed by atoms with Crippen molar-refractivity contribution in [2.75, 3.05) is 5.32 Å². The zero-order valence-electron chi connectivity index (χ0n) is 12.2. The summed E-state index contributed by atoms with van der Waals surface area (Å²) < 4.78 is 1.24. The van der Waals surface area contributed by atoms with Crippen molar-refractivity contribution in [1.82, 2.24) is 9.55 Å². The molecule has 0 unspecified atom stereocenters. The predicted octanol–water partition coefficient (Wildman–Crippen LogP) is 1.71. The minimum absolute atomic E-state index is 0.141. The summed E-state index contributed by atoms with van der Waals surface area (Å²) in [6, 6.07) is 10.1. The lowest BCUT2D eigenvalue weighted by atomic mass is 10.2. The maximum absolute atomic E-state index is 12.0. The Morgan fingerprint density at radius 2 is 2.18 bits per heavy atom. The molecule has 22 heavy (non-hydrogen) atoms. The van der Waals surface area contributed by atoms with Crippen LogP contribution in [0.2, 0.25) is 0 Å². The van der Waals surface area contributed by atoms with Crippen LogP contribution in [0.25, 0.3) is 0 Å². The number of nitrogens with one attached hydrogen (secondary N) is 1. The number of aromatic nitrogens is 2. The van der Waals surface area contributed by atoms with E-state index in [-0.39, 0.29) is 18.0 Å². The van der Waals surface area contributed by atoms with Crippen LogP contribution in [0.3, 0.4) is 0 Å². The first-order valence-electron chi connectivity index (χ1n) is 6.98. The normalized spacial score (nSPS) is 10.0. The van der Waals surface area contributed by atoms with Gasteiger partial charge in [-0.15, -0.1) is 0 Å². The Balaban J connectivity index is 2.10. The molecule has 1 amide bonds. The Labute approximate surface area is 128 Å². The minimum Gasteiger partial charge on any atom is -0.323 e. The van der Waals surface area contributed by atoms with Gasteiger partial charge in [-0.05, 0) is 18.6 Å². The summed E-state index contributed by atoms with van der Waals surface area (Å²) in [4.78, 5) is 28.1. The van der Waals surface area contributed by atoms with E-state index in [4.69, 9.17) is 5.26 Å². The smallest absolute Gasteiger partial charge is 0.253 e. The van der Waals surface area contributed by atoms with Crippen LogP contribution in [0.1, 0.15) is 24.6 Å². The first kappa shape index (κ1) is 15.4. The van der Waals surface area contributed by atoms with Crippen LogP contribution in [0.15, 0.2) is 41.5 Å². The second-order valence-electron chi connectivity index (χ2n) is 4.80. The van der Waals surface area contributed by atoms with E-state index >= 15 is 0 Å². The van der Waals surface area contributed by atoms with Crippen LogP contribution >= 0.6 is 0 Å². The van der Waals surface area contributed by atoms with Gasteiger partial charge in [0, 0.05) is 11.8 Å². The van der Waals surface area contributed by atoms with Crippen molar-refractivity contribution in [2.45, 2.75) is 26.3 Å². The van der Waals surface area contributed by atoms with Gasteiger partial charge in [0.15, 0.2) is 0 Å². The van der Waals surface area contributed by atoms with Crippen LogP contribution in [0.5, 0.6) is 0 Å². The number of hydrogen-bond donors (Lipinski definition) is 1. The molecule has 1 N–H and O–H groups in total. The van der Waals surface area contributed by atoms with Gasteiger partial charge in [-0.3, -0.25) is 14.2 Å². The van der Waals surface area contributed by atoms with E-state index in [0.717, 1.165) is 18.5 Å². The summed E-state index contributed by atoms with van der Waals surface area (Å²) in [5.74, 6) is -0.380. The second-order valence-corrected chi connectivity index (χ2v) is 4.80. The Kier molecular flexibility index (Phi) is 5.04. The molecule has 1 heterocycles. The van der Waals surface area contributed by atoms with Crippen molar-refractivity contribution in [3.63, 3.8) is 0 Å². The molecular formula is C16H16N4O2. The number of hydrogen-bond acceptors (Lipinski definition) is 4. The third-order valence-corrected chi connectivity index (χ3v) is 3.08. The number of para-hydroxylation sites is 1. The monoisotopic (exact) mass is 296 g/mol. The highest BCUT2D eigenvalue weighted by Gasteiger charge is 2.08. The third kappa shape index (κ3) is 3.79. The maximum atomic E-state index is 12.0. The Bertz CT molecular complexity index is 774. The standard InChI is InChI=1S/C16H16N4O2/c1-2-5-13-8-16(22)20(11-18-13)10-15(21)19-14-7-4-3-6-12(14)9-17/h3-4,6-8,11H,2,5,10H2,1H3,(H,19,21). The van der Waals surface area contributed by atoms with E-state index < -0.39 is 0 Å². The van der Waals surface area contributed by atoms with Gasteiger partial charge in [0.1, 0.15) is 12.6 Å². The number of carbonyl (C=O) groups excluding carboxylic acids is 1. The Hall–Kier alpha value is -2.94. The number of carbonyl (C=O) groups is 1. The van der Waals surface area contributed by atoms with Crippen molar-refractivity contribution in [2.24, 2.45) is 0 Å². The summed E-state index contributed by atoms with van der Waals surface area (Å²) >= 11 is 0. The molecule has 1 aromatic carbocycles. The van der Waals surface area contributed by atoms with Gasteiger partial charge in [-0.25, -0.2) is 4.98 Å². The fourth-order valence-electron chi connectivity index (χ4n) is 2.01. The highest BCUT2D eigenvalue weighted by atomic mass is 16.2. The van der Waals surface area contributed by atoms with Gasteiger partial charge in [0.2, 0.25) is 5.91 Å². The minimum atomic E-state index is -0.380. The summed E-state index contributed by atoms with van der Waals surface area (Å²) in [7, 11) is 0.